The topological polar surface area (TPSA) is 32.3 Å². The van der Waals surface area contributed by atoms with E-state index in [2.05, 4.69) is 47.6 Å². The first-order valence-electron chi connectivity index (χ1n) is 6.23. The Hall–Kier alpha value is -1.03. The lowest BCUT2D eigenvalue weighted by atomic mass is 10.1. The van der Waals surface area contributed by atoms with E-state index in [0.717, 1.165) is 0 Å². The molecular weight excluding hydrogens is 242 g/mol. The van der Waals surface area contributed by atoms with E-state index in [1.165, 1.54) is 11.1 Å². The summed E-state index contributed by atoms with van der Waals surface area (Å²) in [5.41, 5.74) is 2.05. The van der Waals surface area contributed by atoms with E-state index in [4.69, 9.17) is 0 Å². The molecule has 2 atom stereocenters. The van der Waals surface area contributed by atoms with Crippen molar-refractivity contribution in [2.45, 2.75) is 19.3 Å². The molecule has 0 saturated heterocycles. The molecule has 2 N–H and O–H groups in total. The molecule has 0 aliphatic carbocycles. The van der Waals surface area contributed by atoms with Gasteiger partial charge in [-0.3, -0.25) is 4.72 Å². The fourth-order valence-corrected chi connectivity index (χ4v) is 4.90. The minimum Gasteiger partial charge on any atom is -0.382 e. The third kappa shape index (κ3) is 2.39. The second kappa shape index (κ2) is 5.31. The number of hydrogen-bond acceptors (Lipinski definition) is 2. The van der Waals surface area contributed by atoms with E-state index in [9.17, 15) is 5.11 Å². The first kappa shape index (κ1) is 13.4. The molecule has 0 saturated carbocycles. The van der Waals surface area contributed by atoms with Crippen molar-refractivity contribution < 1.29 is 5.11 Å². The van der Waals surface area contributed by atoms with Crippen molar-refractivity contribution in [3.63, 3.8) is 0 Å². The molecule has 0 spiro atoms. The van der Waals surface area contributed by atoms with Crippen molar-refractivity contribution in [3.8, 4) is 0 Å². The average molecular weight is 263 g/mol. The Morgan fingerprint density at radius 1 is 1.17 bits per heavy atom. The van der Waals surface area contributed by atoms with E-state index in [-0.39, 0.29) is 11.4 Å². The van der Waals surface area contributed by atoms with E-state index in [1.807, 2.05) is 25.2 Å². The van der Waals surface area contributed by atoms with Crippen LogP contribution in [0.2, 0.25) is 0 Å². The molecule has 1 aromatic carbocycles. The van der Waals surface area contributed by atoms with Gasteiger partial charge in [-0.2, -0.15) is 0 Å². The Bertz CT molecular complexity index is 467. The molecule has 2 rings (SSSR count). The van der Waals surface area contributed by atoms with Crippen LogP contribution >= 0.6 is 10.2 Å². The minimum atomic E-state index is -1.41. The summed E-state index contributed by atoms with van der Waals surface area (Å²) in [6, 6.07) is 10.3. The van der Waals surface area contributed by atoms with Crippen molar-refractivity contribution in [1.29, 1.82) is 0 Å². The summed E-state index contributed by atoms with van der Waals surface area (Å²) >= 11 is 0. The number of nitrogens with one attached hydrogen (secondary N) is 1. The SMILES string of the molecule is CNS1(C(O)C(C)C)C=CC(c2ccccc2)=C1. The predicted molar refractivity (Wildman–Crippen MR) is 81.1 cm³/mol. The molecule has 98 valence electrons. The van der Waals surface area contributed by atoms with Crippen LogP contribution in [-0.2, 0) is 0 Å². The maximum Gasteiger partial charge on any atom is 0.104 e. The van der Waals surface area contributed by atoms with E-state index in [1.54, 1.807) is 0 Å². The van der Waals surface area contributed by atoms with Gasteiger partial charge in [0.05, 0.1) is 0 Å². The van der Waals surface area contributed by atoms with Crippen LogP contribution in [0.3, 0.4) is 0 Å². The Balaban J connectivity index is 2.34. The van der Waals surface area contributed by atoms with E-state index in [0.29, 0.717) is 0 Å². The fraction of sp³-hybridized carbons (Fsp3) is 0.333. The number of allylic oxidation sites excluding steroid dienone is 2. The highest BCUT2D eigenvalue weighted by Crippen LogP contribution is 2.57. The van der Waals surface area contributed by atoms with Crippen LogP contribution in [0, 0.1) is 5.92 Å². The van der Waals surface area contributed by atoms with Gasteiger partial charge in [-0.1, -0.05) is 44.2 Å². The number of rotatable bonds is 4. The van der Waals surface area contributed by atoms with Gasteiger partial charge in [0.2, 0.25) is 0 Å². The highest BCUT2D eigenvalue weighted by Gasteiger charge is 2.31. The summed E-state index contributed by atoms with van der Waals surface area (Å²) in [4.78, 5) is 0. The molecule has 18 heavy (non-hydrogen) atoms. The van der Waals surface area contributed by atoms with Gasteiger partial charge in [-0.15, -0.1) is 10.2 Å². The summed E-state index contributed by atoms with van der Waals surface area (Å²) in [5, 5.41) is 14.8. The van der Waals surface area contributed by atoms with E-state index < -0.39 is 10.2 Å². The highest BCUT2D eigenvalue weighted by molar-refractivity contribution is 8.37. The smallest absolute Gasteiger partial charge is 0.104 e. The van der Waals surface area contributed by atoms with Crippen molar-refractivity contribution in [2.24, 2.45) is 5.92 Å². The van der Waals surface area contributed by atoms with Crippen LogP contribution in [0.1, 0.15) is 19.4 Å². The second-order valence-corrected chi connectivity index (χ2v) is 7.77. The number of aliphatic hydroxyl groups excluding tert-OH is 1. The third-order valence-electron chi connectivity index (χ3n) is 3.23. The van der Waals surface area contributed by atoms with Crippen LogP contribution in [0.15, 0.2) is 47.2 Å². The Labute approximate surface area is 111 Å². The molecule has 0 amide bonds. The molecule has 3 heteroatoms. The Morgan fingerprint density at radius 3 is 2.39 bits per heavy atom. The third-order valence-corrected chi connectivity index (χ3v) is 6.51. The molecule has 1 heterocycles. The lowest BCUT2D eigenvalue weighted by Crippen LogP contribution is -2.28. The van der Waals surface area contributed by atoms with Crippen LogP contribution in [0.25, 0.3) is 5.57 Å². The predicted octanol–water partition coefficient (Wildman–Crippen LogP) is 3.47. The van der Waals surface area contributed by atoms with Crippen molar-refractivity contribution in [3.05, 3.63) is 52.8 Å². The second-order valence-electron chi connectivity index (χ2n) is 4.84. The molecule has 1 aliphatic rings. The zero-order valence-electron chi connectivity index (χ0n) is 11.1. The zero-order chi connectivity index (χ0) is 13.2. The maximum atomic E-state index is 10.4. The fourth-order valence-electron chi connectivity index (χ4n) is 2.12. The monoisotopic (exact) mass is 263 g/mol. The van der Waals surface area contributed by atoms with E-state index >= 15 is 0 Å². The first-order chi connectivity index (χ1) is 8.59. The van der Waals surface area contributed by atoms with Gasteiger partial charge in [0.25, 0.3) is 0 Å². The summed E-state index contributed by atoms with van der Waals surface area (Å²) in [5.74, 6) is 0.239. The number of aliphatic hydroxyl groups is 1. The van der Waals surface area contributed by atoms with Crippen molar-refractivity contribution in [2.75, 3.05) is 7.05 Å². The number of hydrogen-bond donors (Lipinski definition) is 2. The normalized spacial score (nSPS) is 27.9. The quantitative estimate of drug-likeness (QED) is 0.872. The molecule has 2 nitrogen and oxygen atoms in total. The number of benzene rings is 1. The Kier molecular flexibility index (Phi) is 3.95. The van der Waals surface area contributed by atoms with Gasteiger partial charge >= 0.3 is 0 Å². The molecule has 2 unspecified atom stereocenters. The van der Waals surface area contributed by atoms with Crippen LogP contribution in [0.4, 0.5) is 0 Å². The average Bonchev–Trinajstić information content (AvgIpc) is 2.84. The van der Waals surface area contributed by atoms with Crippen LogP contribution in [0.5, 0.6) is 0 Å². The van der Waals surface area contributed by atoms with Gasteiger partial charge in [0, 0.05) is 0 Å². The van der Waals surface area contributed by atoms with Gasteiger partial charge in [-0.05, 0) is 41.0 Å². The van der Waals surface area contributed by atoms with Crippen molar-refractivity contribution in [1.82, 2.24) is 4.72 Å². The molecule has 0 fully saturated rings. The minimum absolute atomic E-state index is 0.239. The van der Waals surface area contributed by atoms with Crippen LogP contribution < -0.4 is 4.72 Å². The molecule has 1 aliphatic heterocycles. The first-order valence-corrected chi connectivity index (χ1v) is 8.05. The maximum absolute atomic E-state index is 10.4. The van der Waals surface area contributed by atoms with Gasteiger partial charge in [0.1, 0.15) is 5.44 Å². The molecule has 0 radical (unpaired) electrons. The summed E-state index contributed by atoms with van der Waals surface area (Å²) in [6.45, 7) is 4.11. The summed E-state index contributed by atoms with van der Waals surface area (Å²) in [6.07, 6.45) is 2.12. The summed E-state index contributed by atoms with van der Waals surface area (Å²) < 4.78 is 3.33. The van der Waals surface area contributed by atoms with Gasteiger partial charge < -0.3 is 5.11 Å². The standard InChI is InChI=1S/C15H21NOS/c1-12(2)15(17)18(16-3)10-9-14(11-18)13-7-5-4-6-8-13/h4-12,15-17H,1-3H3. The lowest BCUT2D eigenvalue weighted by Gasteiger charge is -2.38. The lowest BCUT2D eigenvalue weighted by molar-refractivity contribution is 0.208. The van der Waals surface area contributed by atoms with Crippen LogP contribution in [-0.4, -0.2) is 17.6 Å². The van der Waals surface area contributed by atoms with Crippen molar-refractivity contribution >= 4 is 15.8 Å². The van der Waals surface area contributed by atoms with Gasteiger partial charge in [0.15, 0.2) is 0 Å². The molecule has 0 bridgehead atoms. The zero-order valence-corrected chi connectivity index (χ0v) is 11.9. The highest BCUT2D eigenvalue weighted by atomic mass is 32.3. The molecule has 0 aromatic heterocycles. The van der Waals surface area contributed by atoms with Gasteiger partial charge in [-0.25, -0.2) is 0 Å². The Morgan fingerprint density at radius 2 is 1.83 bits per heavy atom. The molecular formula is C15H21NOS. The summed E-state index contributed by atoms with van der Waals surface area (Å²) in [7, 11) is 0.515. The largest absolute Gasteiger partial charge is 0.382 e. The molecule has 1 aromatic rings.